The van der Waals surface area contributed by atoms with Gasteiger partial charge in [0.15, 0.2) is 5.75 Å². The van der Waals surface area contributed by atoms with E-state index >= 15 is 0 Å². The van der Waals surface area contributed by atoms with Crippen LogP contribution in [0, 0.1) is 17.0 Å². The van der Waals surface area contributed by atoms with Gasteiger partial charge >= 0.3 is 5.69 Å². The Kier molecular flexibility index (Phi) is 3.66. The van der Waals surface area contributed by atoms with Crippen LogP contribution in [0.2, 0.25) is 0 Å². The first-order valence-corrected chi connectivity index (χ1v) is 5.72. The van der Waals surface area contributed by atoms with Gasteiger partial charge in [0.05, 0.1) is 11.0 Å². The Morgan fingerprint density at radius 3 is 2.58 bits per heavy atom. The summed E-state index contributed by atoms with van der Waals surface area (Å²) in [4.78, 5) is 10.3. The van der Waals surface area contributed by atoms with Crippen LogP contribution in [-0.2, 0) is 6.61 Å². The van der Waals surface area contributed by atoms with Crippen LogP contribution >= 0.6 is 0 Å². The molecule has 2 rings (SSSR count). The molecule has 0 aromatic heterocycles. The van der Waals surface area contributed by atoms with Crippen LogP contribution in [0.4, 0.5) is 5.69 Å². The second kappa shape index (κ2) is 5.39. The van der Waals surface area contributed by atoms with Crippen molar-refractivity contribution < 1.29 is 14.8 Å². The van der Waals surface area contributed by atoms with Gasteiger partial charge in [-0.2, -0.15) is 0 Å². The molecule has 0 aliphatic rings. The van der Waals surface area contributed by atoms with Crippen LogP contribution in [0.15, 0.2) is 42.5 Å². The lowest BCUT2D eigenvalue weighted by Gasteiger charge is -2.08. The Balaban J connectivity index is 2.24. The van der Waals surface area contributed by atoms with Crippen molar-refractivity contribution in [1.29, 1.82) is 0 Å². The van der Waals surface area contributed by atoms with E-state index in [9.17, 15) is 15.2 Å². The monoisotopic (exact) mass is 259 g/mol. The lowest BCUT2D eigenvalue weighted by Crippen LogP contribution is -1.99. The molecule has 0 saturated heterocycles. The molecule has 0 heterocycles. The minimum absolute atomic E-state index is 0.112. The smallest absolute Gasteiger partial charge is 0.314 e. The van der Waals surface area contributed by atoms with Gasteiger partial charge < -0.3 is 9.84 Å². The van der Waals surface area contributed by atoms with E-state index in [2.05, 4.69) is 0 Å². The number of hydrogen-bond donors (Lipinski definition) is 1. The summed E-state index contributed by atoms with van der Waals surface area (Å²) in [5.41, 5.74) is 1.22. The maximum Gasteiger partial charge on any atom is 0.314 e. The summed E-state index contributed by atoms with van der Waals surface area (Å²) < 4.78 is 5.47. The molecular weight excluding hydrogens is 246 g/mol. The molecular formula is C14H13NO4. The van der Waals surface area contributed by atoms with Gasteiger partial charge in [0.1, 0.15) is 12.4 Å². The highest BCUT2D eigenvalue weighted by Crippen LogP contribution is 2.33. The van der Waals surface area contributed by atoms with E-state index in [1.807, 2.05) is 30.3 Å². The van der Waals surface area contributed by atoms with E-state index in [-0.39, 0.29) is 23.8 Å². The minimum Gasteiger partial charge on any atom is -0.507 e. The fourth-order valence-corrected chi connectivity index (χ4v) is 1.65. The van der Waals surface area contributed by atoms with Crippen molar-refractivity contribution in [2.24, 2.45) is 0 Å². The predicted octanol–water partition coefficient (Wildman–Crippen LogP) is 3.19. The Bertz CT molecular complexity index is 596. The summed E-state index contributed by atoms with van der Waals surface area (Å²) in [6.07, 6.45) is 0. The summed E-state index contributed by atoms with van der Waals surface area (Å²) in [6, 6.07) is 11.9. The molecule has 0 atom stereocenters. The largest absolute Gasteiger partial charge is 0.507 e. The molecule has 0 saturated carbocycles. The van der Waals surface area contributed by atoms with E-state index in [1.54, 1.807) is 6.92 Å². The van der Waals surface area contributed by atoms with Crippen molar-refractivity contribution >= 4 is 5.69 Å². The highest BCUT2D eigenvalue weighted by molar-refractivity contribution is 5.54. The predicted molar refractivity (Wildman–Crippen MR) is 70.3 cm³/mol. The lowest BCUT2D eigenvalue weighted by molar-refractivity contribution is -0.386. The molecule has 0 fully saturated rings. The maximum absolute atomic E-state index is 10.9. The third-order valence-electron chi connectivity index (χ3n) is 2.71. The van der Waals surface area contributed by atoms with Crippen LogP contribution in [0.25, 0.3) is 0 Å². The van der Waals surface area contributed by atoms with Gasteiger partial charge in [0.25, 0.3) is 0 Å². The molecule has 1 N–H and O–H groups in total. The fraction of sp³-hybridized carbons (Fsp3) is 0.143. The molecule has 2 aromatic rings. The second-order valence-electron chi connectivity index (χ2n) is 4.14. The van der Waals surface area contributed by atoms with Crippen molar-refractivity contribution in [3.05, 3.63) is 63.7 Å². The van der Waals surface area contributed by atoms with Gasteiger partial charge in [0, 0.05) is 0 Å². The van der Waals surface area contributed by atoms with E-state index in [1.165, 1.54) is 6.07 Å². The number of benzene rings is 2. The lowest BCUT2D eigenvalue weighted by atomic mass is 10.2. The van der Waals surface area contributed by atoms with E-state index in [0.717, 1.165) is 11.6 Å². The summed E-state index contributed by atoms with van der Waals surface area (Å²) >= 11 is 0. The van der Waals surface area contributed by atoms with Crippen molar-refractivity contribution in [1.82, 2.24) is 0 Å². The normalized spacial score (nSPS) is 10.2. The van der Waals surface area contributed by atoms with Crippen molar-refractivity contribution in [3.63, 3.8) is 0 Å². The topological polar surface area (TPSA) is 72.6 Å². The zero-order valence-corrected chi connectivity index (χ0v) is 10.4. The van der Waals surface area contributed by atoms with E-state index < -0.39 is 4.92 Å². The van der Waals surface area contributed by atoms with Gasteiger partial charge in [-0.1, -0.05) is 30.3 Å². The third-order valence-corrected chi connectivity index (χ3v) is 2.71. The Labute approximate surface area is 110 Å². The molecule has 98 valence electrons. The SMILES string of the molecule is Cc1cc(OCc2ccccc2)c([N+](=O)[O-])cc1O. The van der Waals surface area contributed by atoms with Crippen LogP contribution in [0.3, 0.4) is 0 Å². The molecule has 0 spiro atoms. The molecule has 0 aliphatic heterocycles. The first-order chi connectivity index (χ1) is 9.08. The summed E-state index contributed by atoms with van der Waals surface area (Å²) in [5.74, 6) is 0.0444. The average Bonchev–Trinajstić information content (AvgIpc) is 2.40. The maximum atomic E-state index is 10.9. The van der Waals surface area contributed by atoms with Gasteiger partial charge in [-0.15, -0.1) is 0 Å². The Morgan fingerprint density at radius 1 is 1.26 bits per heavy atom. The molecule has 19 heavy (non-hydrogen) atoms. The first-order valence-electron chi connectivity index (χ1n) is 5.72. The minimum atomic E-state index is -0.570. The highest BCUT2D eigenvalue weighted by atomic mass is 16.6. The number of hydrogen-bond acceptors (Lipinski definition) is 4. The molecule has 0 aliphatic carbocycles. The molecule has 5 nitrogen and oxygen atoms in total. The van der Waals surface area contributed by atoms with Gasteiger partial charge in [0.2, 0.25) is 0 Å². The number of nitro benzene ring substituents is 1. The van der Waals surface area contributed by atoms with Gasteiger partial charge in [-0.25, -0.2) is 0 Å². The number of phenolic OH excluding ortho intramolecular Hbond substituents is 1. The Hall–Kier alpha value is -2.56. The highest BCUT2D eigenvalue weighted by Gasteiger charge is 2.18. The van der Waals surface area contributed by atoms with Crippen molar-refractivity contribution in [2.45, 2.75) is 13.5 Å². The summed E-state index contributed by atoms with van der Waals surface area (Å²) in [5, 5.41) is 20.4. The molecule has 0 bridgehead atoms. The van der Waals surface area contributed by atoms with Crippen LogP contribution in [0.5, 0.6) is 11.5 Å². The standard InChI is InChI=1S/C14H13NO4/c1-10-7-14(12(15(17)18)8-13(10)16)19-9-11-5-3-2-4-6-11/h2-8,16H,9H2,1H3. The van der Waals surface area contributed by atoms with Crippen LogP contribution in [0.1, 0.15) is 11.1 Å². The first kappa shape index (κ1) is 12.9. The van der Waals surface area contributed by atoms with Crippen molar-refractivity contribution in [3.8, 4) is 11.5 Å². The summed E-state index contributed by atoms with van der Waals surface area (Å²) in [6.45, 7) is 1.90. The quantitative estimate of drug-likeness (QED) is 0.676. The second-order valence-corrected chi connectivity index (χ2v) is 4.14. The average molecular weight is 259 g/mol. The number of phenols is 1. The van der Waals surface area contributed by atoms with Gasteiger partial charge in [-0.05, 0) is 24.1 Å². The number of aromatic hydroxyl groups is 1. The number of ether oxygens (including phenoxy) is 1. The number of nitrogens with zero attached hydrogens (tertiary/aromatic N) is 1. The Morgan fingerprint density at radius 2 is 1.95 bits per heavy atom. The molecule has 5 heteroatoms. The van der Waals surface area contributed by atoms with Crippen LogP contribution < -0.4 is 4.74 Å². The molecule has 2 aromatic carbocycles. The van der Waals surface area contributed by atoms with Crippen LogP contribution in [-0.4, -0.2) is 10.0 Å². The van der Waals surface area contributed by atoms with Gasteiger partial charge in [-0.3, -0.25) is 10.1 Å². The van der Waals surface area contributed by atoms with Crippen molar-refractivity contribution in [2.75, 3.05) is 0 Å². The summed E-state index contributed by atoms with van der Waals surface area (Å²) in [7, 11) is 0. The molecule has 0 radical (unpaired) electrons. The number of nitro groups is 1. The molecule has 0 amide bonds. The zero-order chi connectivity index (χ0) is 13.8. The van der Waals surface area contributed by atoms with E-state index in [0.29, 0.717) is 5.56 Å². The zero-order valence-electron chi connectivity index (χ0n) is 10.4. The molecule has 0 unspecified atom stereocenters. The third kappa shape index (κ3) is 3.01. The number of aryl methyl sites for hydroxylation is 1. The number of rotatable bonds is 4. The fourth-order valence-electron chi connectivity index (χ4n) is 1.65. The van der Waals surface area contributed by atoms with E-state index in [4.69, 9.17) is 4.74 Å².